The summed E-state index contributed by atoms with van der Waals surface area (Å²) in [6.07, 6.45) is 5.03. The molecule has 0 unspecified atom stereocenters. The van der Waals surface area contributed by atoms with Gasteiger partial charge in [0.2, 0.25) is 0 Å². The van der Waals surface area contributed by atoms with Crippen LogP contribution >= 0.6 is 0 Å². The highest BCUT2D eigenvalue weighted by Crippen LogP contribution is 2.28. The maximum atomic E-state index is 13.1. The van der Waals surface area contributed by atoms with Crippen LogP contribution in [-0.4, -0.2) is 32.2 Å². The van der Waals surface area contributed by atoms with Crippen LogP contribution in [0.25, 0.3) is 22.8 Å². The monoisotopic (exact) mass is 387 g/mol. The lowest BCUT2D eigenvalue weighted by molar-refractivity contribution is 0.104. The van der Waals surface area contributed by atoms with Gasteiger partial charge in [-0.25, -0.2) is 4.52 Å². The summed E-state index contributed by atoms with van der Waals surface area (Å²) in [5.41, 5.74) is 4.67. The molecule has 0 aliphatic rings. The molecular formula is C23H21N3O3. The second kappa shape index (κ2) is 7.31. The fraction of sp³-hybridized carbons (Fsp3) is 0.130. The molecule has 6 nitrogen and oxygen atoms in total. The zero-order chi connectivity index (χ0) is 20.5. The second-order valence-corrected chi connectivity index (χ2v) is 6.71. The molecule has 29 heavy (non-hydrogen) atoms. The first-order valence-electron chi connectivity index (χ1n) is 9.22. The highest BCUT2D eigenvalue weighted by Gasteiger charge is 2.21. The number of nitrogens with zero attached hydrogens (tertiary/aromatic N) is 3. The minimum atomic E-state index is -0.141. The predicted octanol–water partition coefficient (Wildman–Crippen LogP) is 4.39. The van der Waals surface area contributed by atoms with E-state index in [-0.39, 0.29) is 11.5 Å². The number of carbonyl (C=O) groups excluding carboxylic acids is 1. The molecule has 0 saturated carbocycles. The number of fused-ring (bicyclic) bond motifs is 3. The number of benzene rings is 2. The van der Waals surface area contributed by atoms with Gasteiger partial charge in [0.05, 0.1) is 29.4 Å². The van der Waals surface area contributed by atoms with Crippen molar-refractivity contribution in [2.75, 3.05) is 7.11 Å². The van der Waals surface area contributed by atoms with E-state index >= 15 is 0 Å². The van der Waals surface area contributed by atoms with Gasteiger partial charge in [0.15, 0.2) is 17.3 Å². The van der Waals surface area contributed by atoms with Gasteiger partial charge in [-0.3, -0.25) is 4.79 Å². The molecule has 0 atom stereocenters. The normalized spacial score (nSPS) is 11.5. The summed E-state index contributed by atoms with van der Waals surface area (Å²) in [5, 5.41) is 14.3. The van der Waals surface area contributed by atoms with Gasteiger partial charge in [-0.1, -0.05) is 30.4 Å². The number of aryl methyl sites for hydroxylation is 1. The third-order valence-electron chi connectivity index (χ3n) is 4.88. The van der Waals surface area contributed by atoms with E-state index in [4.69, 9.17) is 4.74 Å². The topological polar surface area (TPSA) is 68.8 Å². The summed E-state index contributed by atoms with van der Waals surface area (Å²) in [4.78, 5) is 13.1. The first kappa shape index (κ1) is 18.6. The highest BCUT2D eigenvalue weighted by molar-refractivity contribution is 6.12. The van der Waals surface area contributed by atoms with Crippen molar-refractivity contribution in [3.8, 4) is 11.5 Å². The summed E-state index contributed by atoms with van der Waals surface area (Å²) in [6, 6.07) is 12.8. The Labute approximate surface area is 168 Å². The molecule has 2 heterocycles. The van der Waals surface area contributed by atoms with Gasteiger partial charge < -0.3 is 14.4 Å². The number of aromatic hydroxyl groups is 1. The Balaban J connectivity index is 1.82. The van der Waals surface area contributed by atoms with Gasteiger partial charge in [-0.2, -0.15) is 5.10 Å². The number of para-hydroxylation sites is 2. The average Bonchev–Trinajstić information content (AvgIpc) is 3.21. The zero-order valence-electron chi connectivity index (χ0n) is 16.3. The fourth-order valence-electron chi connectivity index (χ4n) is 3.57. The largest absolute Gasteiger partial charge is 0.504 e. The van der Waals surface area contributed by atoms with Crippen LogP contribution in [-0.2, 0) is 6.54 Å². The standard InChI is InChI=1S/C23H21N3O3/c1-4-13-25-17-7-5-6-8-18(17)26-23(25)22(15(2)24-26)20(28)12-10-16-9-11-19(27)21(14-16)29-3/h4-12,14,27H,1,13H2,2-3H3/b12-10+. The van der Waals surface area contributed by atoms with E-state index in [2.05, 4.69) is 11.7 Å². The van der Waals surface area contributed by atoms with E-state index in [1.807, 2.05) is 46.3 Å². The molecule has 0 amide bonds. The maximum absolute atomic E-state index is 13.1. The lowest BCUT2D eigenvalue weighted by atomic mass is 10.1. The number of imidazole rings is 1. The van der Waals surface area contributed by atoms with Crippen molar-refractivity contribution in [1.29, 1.82) is 0 Å². The van der Waals surface area contributed by atoms with Crippen molar-refractivity contribution < 1.29 is 14.6 Å². The summed E-state index contributed by atoms with van der Waals surface area (Å²) < 4.78 is 8.99. The first-order valence-corrected chi connectivity index (χ1v) is 9.22. The van der Waals surface area contributed by atoms with Gasteiger partial charge in [0.25, 0.3) is 0 Å². The molecule has 0 aliphatic carbocycles. The maximum Gasteiger partial charge on any atom is 0.191 e. The molecule has 4 aromatic rings. The number of ketones is 1. The van der Waals surface area contributed by atoms with E-state index in [0.717, 1.165) is 22.2 Å². The molecule has 0 saturated heterocycles. The summed E-state index contributed by atoms with van der Waals surface area (Å²) in [5.74, 6) is 0.270. The summed E-state index contributed by atoms with van der Waals surface area (Å²) in [6.45, 7) is 6.26. The van der Waals surface area contributed by atoms with E-state index in [0.29, 0.717) is 23.6 Å². The Hall–Kier alpha value is -3.80. The third kappa shape index (κ3) is 3.08. The second-order valence-electron chi connectivity index (χ2n) is 6.71. The number of rotatable bonds is 6. The van der Waals surface area contributed by atoms with Crippen LogP contribution in [0.4, 0.5) is 0 Å². The Morgan fingerprint density at radius 3 is 2.72 bits per heavy atom. The van der Waals surface area contributed by atoms with E-state index in [1.165, 1.54) is 19.3 Å². The van der Waals surface area contributed by atoms with Crippen molar-refractivity contribution in [2.45, 2.75) is 13.5 Å². The molecule has 6 heteroatoms. The SMILES string of the molecule is C=CCn1c2ccccc2n2nc(C)c(C(=O)/C=C/c3ccc(O)c(OC)c3)c12. The smallest absolute Gasteiger partial charge is 0.191 e. The van der Waals surface area contributed by atoms with Crippen LogP contribution < -0.4 is 4.74 Å². The minimum absolute atomic E-state index is 0.0547. The first-order chi connectivity index (χ1) is 14.0. The third-order valence-corrected chi connectivity index (χ3v) is 4.88. The number of aromatic nitrogens is 3. The number of carbonyl (C=O) groups is 1. The lowest BCUT2D eigenvalue weighted by Gasteiger charge is -2.04. The Morgan fingerprint density at radius 1 is 1.24 bits per heavy atom. The molecule has 4 rings (SSSR count). The Morgan fingerprint density at radius 2 is 2.00 bits per heavy atom. The molecule has 146 valence electrons. The van der Waals surface area contributed by atoms with Gasteiger partial charge >= 0.3 is 0 Å². The highest BCUT2D eigenvalue weighted by atomic mass is 16.5. The van der Waals surface area contributed by atoms with E-state index in [1.54, 1.807) is 18.2 Å². The van der Waals surface area contributed by atoms with Crippen LogP contribution in [0.2, 0.25) is 0 Å². The van der Waals surface area contributed by atoms with Crippen molar-refractivity contribution in [1.82, 2.24) is 14.2 Å². The van der Waals surface area contributed by atoms with Crippen molar-refractivity contribution in [2.24, 2.45) is 0 Å². The van der Waals surface area contributed by atoms with Crippen molar-refractivity contribution in [3.63, 3.8) is 0 Å². The summed E-state index contributed by atoms with van der Waals surface area (Å²) in [7, 11) is 1.49. The number of phenols is 1. The van der Waals surface area contributed by atoms with Crippen LogP contribution in [0.3, 0.4) is 0 Å². The van der Waals surface area contributed by atoms with Crippen LogP contribution in [0.1, 0.15) is 21.6 Å². The molecule has 0 radical (unpaired) electrons. The predicted molar refractivity (Wildman–Crippen MR) is 114 cm³/mol. The number of phenolic OH excluding ortho intramolecular Hbond substituents is 1. The van der Waals surface area contributed by atoms with Crippen LogP contribution in [0, 0.1) is 6.92 Å². The molecular weight excluding hydrogens is 366 g/mol. The number of ether oxygens (including phenoxy) is 1. The number of allylic oxidation sites excluding steroid dienone is 2. The average molecular weight is 387 g/mol. The molecule has 0 bridgehead atoms. The number of hydrogen-bond acceptors (Lipinski definition) is 4. The minimum Gasteiger partial charge on any atom is -0.504 e. The van der Waals surface area contributed by atoms with Gasteiger partial charge in [0.1, 0.15) is 5.65 Å². The molecule has 0 fully saturated rings. The molecule has 2 aromatic carbocycles. The van der Waals surface area contributed by atoms with Gasteiger partial charge in [-0.15, -0.1) is 6.58 Å². The van der Waals surface area contributed by atoms with Gasteiger partial charge in [-0.05, 0) is 42.8 Å². The Kier molecular flexibility index (Phi) is 4.68. The zero-order valence-corrected chi connectivity index (χ0v) is 16.3. The lowest BCUT2D eigenvalue weighted by Crippen LogP contribution is -2.02. The number of methoxy groups -OCH3 is 1. The Bertz CT molecular complexity index is 1280. The molecule has 0 spiro atoms. The fourth-order valence-corrected chi connectivity index (χ4v) is 3.57. The van der Waals surface area contributed by atoms with Crippen molar-refractivity contribution in [3.05, 3.63) is 78.0 Å². The van der Waals surface area contributed by atoms with Crippen LogP contribution in [0.5, 0.6) is 11.5 Å². The number of hydrogen-bond donors (Lipinski definition) is 1. The molecule has 0 aliphatic heterocycles. The quantitative estimate of drug-likeness (QED) is 0.303. The molecule has 1 N–H and O–H groups in total. The van der Waals surface area contributed by atoms with Crippen LogP contribution in [0.15, 0.2) is 61.2 Å². The van der Waals surface area contributed by atoms with Gasteiger partial charge in [0, 0.05) is 6.54 Å². The van der Waals surface area contributed by atoms with E-state index in [9.17, 15) is 9.90 Å². The van der Waals surface area contributed by atoms with E-state index < -0.39 is 0 Å². The van der Waals surface area contributed by atoms with Crippen molar-refractivity contribution >= 4 is 28.5 Å². The summed E-state index contributed by atoms with van der Waals surface area (Å²) >= 11 is 0. The molecule has 2 aromatic heterocycles.